The van der Waals surface area contributed by atoms with Crippen LogP contribution in [0.15, 0.2) is 48.6 Å². The number of nitrogens with one attached hydrogen (secondary N) is 1. The number of carboxylic acid groups (broad SMARTS) is 1. The molecule has 0 spiro atoms. The van der Waals surface area contributed by atoms with E-state index in [1.807, 2.05) is 0 Å². The van der Waals surface area contributed by atoms with Crippen molar-refractivity contribution in [1.29, 1.82) is 0 Å². The van der Waals surface area contributed by atoms with Crippen LogP contribution in [0.4, 0.5) is 0 Å². The summed E-state index contributed by atoms with van der Waals surface area (Å²) in [5.74, 6) is -1.27. The van der Waals surface area contributed by atoms with Crippen LogP contribution < -0.4 is 11.1 Å². The molecule has 336 valence electrons. The van der Waals surface area contributed by atoms with Gasteiger partial charge >= 0.3 is 11.9 Å². The highest BCUT2D eigenvalue weighted by Crippen LogP contribution is 2.16. The maximum absolute atomic E-state index is 12.8. The number of rotatable bonds is 44. The molecule has 4 N–H and O–H groups in total. The predicted molar refractivity (Wildman–Crippen MR) is 248 cm³/mol. The van der Waals surface area contributed by atoms with Crippen LogP contribution in [-0.2, 0) is 19.1 Å². The Balaban J connectivity index is 4.14. The summed E-state index contributed by atoms with van der Waals surface area (Å²) < 4.78 is 5.97. The molecular weight excluding hydrogens is 721 g/mol. The van der Waals surface area contributed by atoms with Crippen molar-refractivity contribution in [2.24, 2.45) is 5.73 Å². The maximum atomic E-state index is 12.8. The first kappa shape index (κ1) is 55.3. The molecule has 0 aliphatic heterocycles. The first-order valence-electron chi connectivity index (χ1n) is 24.5. The molecule has 0 fully saturated rings. The van der Waals surface area contributed by atoms with Crippen LogP contribution in [-0.4, -0.2) is 41.6 Å². The number of amides is 1. The van der Waals surface area contributed by atoms with Crippen LogP contribution in [0, 0.1) is 0 Å². The lowest BCUT2D eigenvalue weighted by Crippen LogP contribution is -2.40. The lowest BCUT2D eigenvalue weighted by atomic mass is 10.0. The molecule has 0 aliphatic carbocycles. The molecule has 0 heterocycles. The van der Waals surface area contributed by atoms with E-state index in [2.05, 4.69) is 67.8 Å². The van der Waals surface area contributed by atoms with Gasteiger partial charge in [-0.1, -0.05) is 178 Å². The van der Waals surface area contributed by atoms with E-state index in [1.165, 1.54) is 122 Å². The minimum Gasteiger partial charge on any atom is -0.480 e. The Morgan fingerprint density at radius 1 is 0.517 bits per heavy atom. The largest absolute Gasteiger partial charge is 0.480 e. The topological polar surface area (TPSA) is 119 Å². The van der Waals surface area contributed by atoms with Gasteiger partial charge < -0.3 is 20.9 Å². The van der Waals surface area contributed by atoms with Crippen LogP contribution in [0.25, 0.3) is 0 Å². The second-order valence-electron chi connectivity index (χ2n) is 16.5. The Bertz CT molecular complexity index is 1050. The minimum atomic E-state index is -1.00. The molecule has 0 aromatic heterocycles. The molecule has 0 bridgehead atoms. The molecule has 0 saturated heterocycles. The minimum absolute atomic E-state index is 0.0652. The van der Waals surface area contributed by atoms with E-state index in [1.54, 1.807) is 0 Å². The van der Waals surface area contributed by atoms with Crippen LogP contribution in [0.2, 0.25) is 0 Å². The monoisotopic (exact) mass is 813 g/mol. The van der Waals surface area contributed by atoms with Gasteiger partial charge in [-0.05, 0) is 103 Å². The van der Waals surface area contributed by atoms with E-state index >= 15 is 0 Å². The summed E-state index contributed by atoms with van der Waals surface area (Å²) in [7, 11) is 0. The van der Waals surface area contributed by atoms with E-state index in [4.69, 9.17) is 10.5 Å². The highest BCUT2D eigenvalue weighted by Gasteiger charge is 2.18. The number of aliphatic carboxylic acids is 1. The molecule has 2 unspecified atom stereocenters. The number of allylic oxidation sites excluding steroid dienone is 7. The second-order valence-corrected chi connectivity index (χ2v) is 16.5. The van der Waals surface area contributed by atoms with Crippen LogP contribution in [0.3, 0.4) is 0 Å². The summed E-state index contributed by atoms with van der Waals surface area (Å²) in [5, 5.41) is 11.9. The van der Waals surface area contributed by atoms with Crippen LogP contribution >= 0.6 is 0 Å². The van der Waals surface area contributed by atoms with E-state index in [0.29, 0.717) is 32.2 Å². The van der Waals surface area contributed by atoms with Gasteiger partial charge in [0.05, 0.1) is 0 Å². The highest BCUT2D eigenvalue weighted by atomic mass is 16.5. The first-order chi connectivity index (χ1) is 28.4. The Morgan fingerprint density at radius 3 is 1.45 bits per heavy atom. The lowest BCUT2D eigenvalue weighted by Gasteiger charge is -2.15. The van der Waals surface area contributed by atoms with Crippen molar-refractivity contribution in [2.45, 2.75) is 251 Å². The van der Waals surface area contributed by atoms with Crippen LogP contribution in [0.1, 0.15) is 239 Å². The van der Waals surface area contributed by atoms with E-state index in [-0.39, 0.29) is 18.0 Å². The standard InChI is InChI=1S/C51H92N2O5/c1-3-5-7-9-11-13-14-15-16-17-18-19-20-21-22-23-24-25-26-27-29-35-39-45-50(55)58-47(41-36-32-28-12-10-8-6-4-2)42-37-33-30-31-34-38-44-49(54)53-48(51(56)57)43-40-46-52/h14-15,17-18,20-21,36,41,47-48H,3-13,16,19,22-35,37-40,42-46,52H2,1-2H3,(H,53,54)(H,56,57)/b15-14-,18-17-,21-20-,41-36-. The summed E-state index contributed by atoms with van der Waals surface area (Å²) >= 11 is 0. The predicted octanol–water partition coefficient (Wildman–Crippen LogP) is 14.3. The zero-order chi connectivity index (χ0) is 42.4. The molecule has 7 heteroatoms. The third-order valence-electron chi connectivity index (χ3n) is 10.9. The zero-order valence-electron chi connectivity index (χ0n) is 37.9. The van der Waals surface area contributed by atoms with Crippen molar-refractivity contribution in [1.82, 2.24) is 5.32 Å². The quantitative estimate of drug-likeness (QED) is 0.0320. The number of esters is 1. The zero-order valence-corrected chi connectivity index (χ0v) is 37.9. The van der Waals surface area contributed by atoms with E-state index in [0.717, 1.165) is 77.0 Å². The fraction of sp³-hybridized carbons (Fsp3) is 0.784. The highest BCUT2D eigenvalue weighted by molar-refractivity contribution is 5.83. The van der Waals surface area contributed by atoms with Crippen molar-refractivity contribution in [3.05, 3.63) is 48.6 Å². The third-order valence-corrected chi connectivity index (χ3v) is 10.9. The molecule has 1 amide bonds. The van der Waals surface area contributed by atoms with E-state index < -0.39 is 12.0 Å². The van der Waals surface area contributed by atoms with Crippen molar-refractivity contribution in [3.63, 3.8) is 0 Å². The number of carbonyl (C=O) groups excluding carboxylic acids is 2. The van der Waals surface area contributed by atoms with Crippen molar-refractivity contribution < 1.29 is 24.2 Å². The normalized spacial score (nSPS) is 13.0. The van der Waals surface area contributed by atoms with Gasteiger partial charge in [0, 0.05) is 12.8 Å². The Labute approximate surface area is 358 Å². The number of carboxylic acids is 1. The molecule has 2 atom stereocenters. The summed E-state index contributed by atoms with van der Waals surface area (Å²) in [6, 6.07) is -0.855. The third kappa shape index (κ3) is 41.5. The lowest BCUT2D eigenvalue weighted by molar-refractivity contribution is -0.147. The van der Waals surface area contributed by atoms with E-state index in [9.17, 15) is 19.5 Å². The molecule has 58 heavy (non-hydrogen) atoms. The van der Waals surface area contributed by atoms with Gasteiger partial charge in [-0.15, -0.1) is 0 Å². The van der Waals surface area contributed by atoms with Gasteiger partial charge in [-0.2, -0.15) is 0 Å². The Morgan fingerprint density at radius 2 is 0.948 bits per heavy atom. The number of hydrogen-bond donors (Lipinski definition) is 3. The second kappa shape index (κ2) is 45.4. The molecule has 0 aromatic rings. The summed E-state index contributed by atoms with van der Waals surface area (Å²) in [6.45, 7) is 4.93. The number of carbonyl (C=O) groups is 3. The van der Waals surface area contributed by atoms with Crippen molar-refractivity contribution in [2.75, 3.05) is 6.54 Å². The molecule has 0 radical (unpaired) electrons. The molecular formula is C51H92N2O5. The average molecular weight is 813 g/mol. The first-order valence-corrected chi connectivity index (χ1v) is 24.5. The molecule has 0 aliphatic rings. The summed E-state index contributed by atoms with van der Waals surface area (Å²) in [6.07, 6.45) is 56.2. The fourth-order valence-electron chi connectivity index (χ4n) is 7.13. The molecule has 0 aromatic carbocycles. The van der Waals surface area contributed by atoms with Gasteiger partial charge in [0.2, 0.25) is 5.91 Å². The number of ether oxygens (including phenoxy) is 1. The van der Waals surface area contributed by atoms with Gasteiger partial charge in [0.15, 0.2) is 0 Å². The Hall–Kier alpha value is -2.67. The van der Waals surface area contributed by atoms with Gasteiger partial charge in [-0.25, -0.2) is 4.79 Å². The fourth-order valence-corrected chi connectivity index (χ4v) is 7.13. The number of unbranched alkanes of at least 4 members (excludes halogenated alkanes) is 24. The molecule has 0 rings (SSSR count). The van der Waals surface area contributed by atoms with Crippen molar-refractivity contribution in [3.8, 4) is 0 Å². The average Bonchev–Trinajstić information content (AvgIpc) is 3.21. The summed E-state index contributed by atoms with van der Waals surface area (Å²) in [4.78, 5) is 36.3. The van der Waals surface area contributed by atoms with Crippen LogP contribution in [0.5, 0.6) is 0 Å². The summed E-state index contributed by atoms with van der Waals surface area (Å²) in [5.41, 5.74) is 5.48. The Kier molecular flexibility index (Phi) is 43.3. The maximum Gasteiger partial charge on any atom is 0.326 e. The SMILES string of the molecule is CCCCCCC/C=C\C/C=C\C/C=C\CCCCCCCCCCC(=O)OC(/C=C\CCCCCCCC)CCCCCCCCC(=O)NC(CCCN)C(=O)O. The van der Waals surface area contributed by atoms with Gasteiger partial charge in [0.1, 0.15) is 12.1 Å². The van der Waals surface area contributed by atoms with Gasteiger partial charge in [-0.3, -0.25) is 9.59 Å². The molecule has 0 saturated carbocycles. The number of nitrogens with two attached hydrogens (primary N) is 1. The smallest absolute Gasteiger partial charge is 0.326 e. The van der Waals surface area contributed by atoms with Gasteiger partial charge in [0.25, 0.3) is 0 Å². The van der Waals surface area contributed by atoms with Crippen molar-refractivity contribution >= 4 is 17.8 Å². The number of hydrogen-bond acceptors (Lipinski definition) is 5. The molecule has 7 nitrogen and oxygen atoms in total.